The van der Waals surface area contributed by atoms with Gasteiger partial charge in [-0.25, -0.2) is 13.7 Å². The molecule has 2 aromatic carbocycles. The fourth-order valence-corrected chi connectivity index (χ4v) is 2.97. The fourth-order valence-electron chi connectivity index (χ4n) is 1.96. The molecule has 0 aliphatic carbocycles. The lowest BCUT2D eigenvalue weighted by Gasteiger charge is -2.24. The molecule has 2 rings (SSSR count). The lowest BCUT2D eigenvalue weighted by atomic mass is 10.0. The predicted octanol–water partition coefficient (Wildman–Crippen LogP) is 3.07. The van der Waals surface area contributed by atoms with E-state index in [2.05, 4.69) is 4.72 Å². The maximum atomic E-state index is 14.0. The quantitative estimate of drug-likeness (QED) is 0.850. The number of carbonyl (C=O) groups is 1. The Morgan fingerprint density at radius 2 is 1.70 bits per heavy atom. The Hall–Kier alpha value is -2.12. The molecular weight excluding hydrogens is 324 g/mol. The highest BCUT2D eigenvalue weighted by Gasteiger charge is 2.49. The highest BCUT2D eigenvalue weighted by Crippen LogP contribution is 2.32. The zero-order chi connectivity index (χ0) is 17.0. The van der Waals surface area contributed by atoms with Crippen LogP contribution in [0.15, 0.2) is 59.5 Å². The van der Waals surface area contributed by atoms with Crippen molar-refractivity contribution in [3.8, 4) is 0 Å². The van der Waals surface area contributed by atoms with Crippen molar-refractivity contribution in [2.24, 2.45) is 0 Å². The van der Waals surface area contributed by atoms with Crippen molar-refractivity contribution in [3.05, 3.63) is 65.7 Å². The summed E-state index contributed by atoms with van der Waals surface area (Å²) in [5.74, 6) is -6.39. The molecule has 0 heterocycles. The average Bonchev–Trinajstić information content (AvgIpc) is 2.53. The van der Waals surface area contributed by atoms with Gasteiger partial charge in [-0.1, -0.05) is 48.0 Å². The van der Waals surface area contributed by atoms with E-state index in [0.717, 1.165) is 5.56 Å². The molecule has 0 saturated heterocycles. The molecule has 0 radical (unpaired) electrons. The normalized spacial score (nSPS) is 14.2. The molecule has 0 bridgehead atoms. The number of hydrogen-bond acceptors (Lipinski definition) is 2. The third kappa shape index (κ3) is 4.00. The van der Waals surface area contributed by atoms with E-state index >= 15 is 0 Å². The number of aryl methyl sites for hydroxylation is 1. The zero-order valence-corrected chi connectivity index (χ0v) is 13.0. The van der Waals surface area contributed by atoms with Gasteiger partial charge >= 0.3 is 11.9 Å². The smallest absolute Gasteiger partial charge is 0.376 e. The van der Waals surface area contributed by atoms with Crippen molar-refractivity contribution in [2.75, 3.05) is 0 Å². The first-order valence-corrected chi connectivity index (χ1v) is 7.88. The van der Waals surface area contributed by atoms with Gasteiger partial charge in [0.1, 0.15) is 17.0 Å². The van der Waals surface area contributed by atoms with Crippen molar-refractivity contribution in [3.63, 3.8) is 0 Å². The number of rotatable bonds is 6. The van der Waals surface area contributed by atoms with Crippen LogP contribution in [0.3, 0.4) is 0 Å². The van der Waals surface area contributed by atoms with Crippen LogP contribution in [-0.2, 0) is 15.8 Å². The molecule has 0 aliphatic rings. The molecule has 0 spiro atoms. The molecule has 4 nitrogen and oxygen atoms in total. The minimum Gasteiger partial charge on any atom is -0.477 e. The van der Waals surface area contributed by atoms with Crippen molar-refractivity contribution in [1.82, 2.24) is 4.72 Å². The van der Waals surface area contributed by atoms with Crippen molar-refractivity contribution >= 4 is 17.0 Å². The second-order valence-corrected chi connectivity index (χ2v) is 6.22. The number of hydrogen-bond donors (Lipinski definition) is 2. The summed E-state index contributed by atoms with van der Waals surface area (Å²) in [5, 5.41) is 8.80. The molecule has 7 heteroatoms. The maximum Gasteiger partial charge on any atom is 0.376 e. The Morgan fingerprint density at radius 3 is 2.22 bits per heavy atom. The average molecular weight is 339 g/mol. The number of benzene rings is 2. The number of alkyl halides is 2. The maximum absolute atomic E-state index is 14.0. The largest absolute Gasteiger partial charge is 0.477 e. The van der Waals surface area contributed by atoms with E-state index in [1.54, 1.807) is 30.3 Å². The van der Waals surface area contributed by atoms with Gasteiger partial charge in [-0.2, -0.15) is 8.78 Å². The van der Waals surface area contributed by atoms with E-state index in [4.69, 9.17) is 5.11 Å². The summed E-state index contributed by atoms with van der Waals surface area (Å²) in [6.45, 7) is 1.84. The van der Waals surface area contributed by atoms with Gasteiger partial charge < -0.3 is 5.11 Å². The Kier molecular flexibility index (Phi) is 5.23. The van der Waals surface area contributed by atoms with Gasteiger partial charge in [0.2, 0.25) is 0 Å². The third-order valence-electron chi connectivity index (χ3n) is 3.24. The summed E-state index contributed by atoms with van der Waals surface area (Å²) in [4.78, 5) is 11.2. The van der Waals surface area contributed by atoms with Gasteiger partial charge in [0.15, 0.2) is 0 Å². The monoisotopic (exact) mass is 339 g/mol. The van der Waals surface area contributed by atoms with E-state index in [0.29, 0.717) is 0 Å². The molecule has 23 heavy (non-hydrogen) atoms. The minimum atomic E-state index is -4.11. The number of aliphatic carboxylic acids is 1. The fraction of sp³-hybridized carbons (Fsp3) is 0.188. The Morgan fingerprint density at radius 1 is 1.13 bits per heavy atom. The van der Waals surface area contributed by atoms with E-state index in [9.17, 15) is 17.8 Å². The molecule has 1 unspecified atom stereocenters. The summed E-state index contributed by atoms with van der Waals surface area (Å²) in [6.07, 6.45) is 0. The van der Waals surface area contributed by atoms with E-state index in [1.165, 1.54) is 24.3 Å². The molecule has 0 saturated carbocycles. The lowest BCUT2D eigenvalue weighted by Crippen LogP contribution is -2.43. The van der Waals surface area contributed by atoms with Crippen molar-refractivity contribution in [1.29, 1.82) is 0 Å². The van der Waals surface area contributed by atoms with Crippen LogP contribution in [0.1, 0.15) is 17.2 Å². The number of halogens is 2. The van der Waals surface area contributed by atoms with E-state index in [-0.39, 0.29) is 10.5 Å². The first-order valence-electron chi connectivity index (χ1n) is 6.73. The van der Waals surface area contributed by atoms with Gasteiger partial charge in [-0.05, 0) is 24.6 Å². The van der Waals surface area contributed by atoms with Crippen LogP contribution >= 0.6 is 0 Å². The van der Waals surface area contributed by atoms with Crippen molar-refractivity contribution < 1.29 is 22.9 Å². The van der Waals surface area contributed by atoms with Crippen LogP contribution in [0.2, 0.25) is 0 Å². The SMILES string of the molecule is Cc1ccc(S(=O)N[C@H](c2ccccc2)C(F)(F)C(=O)O)cc1. The topological polar surface area (TPSA) is 66.4 Å². The van der Waals surface area contributed by atoms with Crippen LogP contribution in [-0.4, -0.2) is 21.2 Å². The summed E-state index contributed by atoms with van der Waals surface area (Å²) < 4.78 is 42.6. The molecular formula is C16H15F2NO3S. The first-order chi connectivity index (χ1) is 10.8. The van der Waals surface area contributed by atoms with E-state index in [1.807, 2.05) is 6.92 Å². The standard InChI is InChI=1S/C16H15F2NO3S/c1-11-7-9-13(10-8-11)23(22)19-14(16(17,18)15(20)21)12-5-3-2-4-6-12/h2-10,14,19H,1H3,(H,20,21)/t14-,23?/m1/s1. The van der Waals surface area contributed by atoms with Crippen LogP contribution in [0.5, 0.6) is 0 Å². The molecule has 2 aromatic rings. The molecule has 2 atom stereocenters. The van der Waals surface area contributed by atoms with Crippen LogP contribution < -0.4 is 4.72 Å². The summed E-state index contributed by atoms with van der Waals surface area (Å²) >= 11 is 0. The zero-order valence-electron chi connectivity index (χ0n) is 12.2. The summed E-state index contributed by atoms with van der Waals surface area (Å²) in [5.41, 5.74) is 0.974. The molecule has 122 valence electrons. The second-order valence-electron chi connectivity index (χ2n) is 4.97. The van der Waals surface area contributed by atoms with Gasteiger partial charge in [0.25, 0.3) is 0 Å². The van der Waals surface area contributed by atoms with Gasteiger partial charge in [0.05, 0.1) is 4.90 Å². The molecule has 2 N–H and O–H groups in total. The molecule has 0 amide bonds. The number of carboxylic acids is 1. The Labute approximate surface area is 134 Å². The third-order valence-corrected chi connectivity index (χ3v) is 4.39. The molecule has 0 aromatic heterocycles. The minimum absolute atomic E-state index is 0.0420. The first kappa shape index (κ1) is 17.2. The predicted molar refractivity (Wildman–Crippen MR) is 82.5 cm³/mol. The second kappa shape index (κ2) is 6.97. The van der Waals surface area contributed by atoms with Gasteiger partial charge in [-0.15, -0.1) is 0 Å². The lowest BCUT2D eigenvalue weighted by molar-refractivity contribution is -0.168. The summed E-state index contributed by atoms with van der Waals surface area (Å²) in [7, 11) is -1.98. The van der Waals surface area contributed by atoms with Crippen molar-refractivity contribution in [2.45, 2.75) is 23.8 Å². The number of carboxylic acid groups (broad SMARTS) is 1. The van der Waals surface area contributed by atoms with Crippen LogP contribution in [0.25, 0.3) is 0 Å². The Balaban J connectivity index is 2.33. The Bertz CT molecular complexity index is 705. The van der Waals surface area contributed by atoms with Gasteiger partial charge in [0, 0.05) is 0 Å². The highest BCUT2D eigenvalue weighted by atomic mass is 32.2. The molecule has 0 aliphatic heterocycles. The number of nitrogens with one attached hydrogen (secondary N) is 1. The van der Waals surface area contributed by atoms with E-state index < -0.39 is 28.9 Å². The van der Waals surface area contributed by atoms with Gasteiger partial charge in [-0.3, -0.25) is 0 Å². The van der Waals surface area contributed by atoms with Crippen LogP contribution in [0.4, 0.5) is 8.78 Å². The molecule has 0 fully saturated rings. The highest BCUT2D eigenvalue weighted by molar-refractivity contribution is 7.83. The van der Waals surface area contributed by atoms with Crippen LogP contribution in [0, 0.1) is 6.92 Å². The summed E-state index contributed by atoms with van der Waals surface area (Å²) in [6, 6.07) is 11.9.